The fourth-order valence-electron chi connectivity index (χ4n) is 1.88. The monoisotopic (exact) mass is 277 g/mol. The quantitative estimate of drug-likeness (QED) is 0.897. The van der Waals surface area contributed by atoms with E-state index in [0.29, 0.717) is 12.4 Å². The van der Waals surface area contributed by atoms with Gasteiger partial charge in [0.05, 0.1) is 11.7 Å². The van der Waals surface area contributed by atoms with Gasteiger partial charge < -0.3 is 14.8 Å². The Morgan fingerprint density at radius 1 is 1.25 bits per heavy atom. The number of H-pyrrole nitrogens is 1. The van der Waals surface area contributed by atoms with Crippen LogP contribution in [0.2, 0.25) is 0 Å². The highest BCUT2D eigenvalue weighted by molar-refractivity contribution is 5.12. The summed E-state index contributed by atoms with van der Waals surface area (Å²) in [6.45, 7) is 12.8. The van der Waals surface area contributed by atoms with E-state index in [1.54, 1.807) is 0 Å². The predicted octanol–water partition coefficient (Wildman–Crippen LogP) is 2.56. The minimum Gasteiger partial charge on any atom is -0.346 e. The number of aromatic nitrogens is 4. The largest absolute Gasteiger partial charge is 0.346 e. The van der Waals surface area contributed by atoms with Gasteiger partial charge in [0.25, 0.3) is 0 Å². The molecular weight excluding hydrogens is 254 g/mol. The van der Waals surface area contributed by atoms with Crippen LogP contribution in [0.4, 0.5) is 0 Å². The smallest absolute Gasteiger partial charge is 0.243 e. The molecule has 2 N–H and O–H groups in total. The summed E-state index contributed by atoms with van der Waals surface area (Å²) < 4.78 is 5.32. The Hall–Kier alpha value is -1.69. The zero-order valence-corrected chi connectivity index (χ0v) is 13.0. The van der Waals surface area contributed by atoms with Crippen LogP contribution in [-0.2, 0) is 12.0 Å². The molecule has 0 fully saturated rings. The molecule has 6 heteroatoms. The molecule has 20 heavy (non-hydrogen) atoms. The first-order valence-electron chi connectivity index (χ1n) is 6.87. The van der Waals surface area contributed by atoms with Gasteiger partial charge in [0.15, 0.2) is 5.82 Å². The first-order valence-corrected chi connectivity index (χ1v) is 6.87. The fraction of sp³-hybridized carbons (Fsp3) is 0.643. The number of nitrogens with one attached hydrogen (secondary N) is 2. The van der Waals surface area contributed by atoms with E-state index in [-0.39, 0.29) is 11.5 Å². The summed E-state index contributed by atoms with van der Waals surface area (Å²) in [5, 5.41) is 7.39. The average Bonchev–Trinajstić information content (AvgIpc) is 2.92. The van der Waals surface area contributed by atoms with Crippen molar-refractivity contribution < 1.29 is 4.52 Å². The van der Waals surface area contributed by atoms with Gasteiger partial charge in [-0.3, -0.25) is 0 Å². The number of rotatable bonds is 4. The molecule has 0 bridgehead atoms. The molecule has 1 atom stereocenters. The van der Waals surface area contributed by atoms with Gasteiger partial charge >= 0.3 is 0 Å². The molecule has 2 rings (SSSR count). The molecule has 0 spiro atoms. The number of hydrogen-bond donors (Lipinski definition) is 2. The highest BCUT2D eigenvalue weighted by Gasteiger charge is 2.23. The van der Waals surface area contributed by atoms with Gasteiger partial charge in [0.1, 0.15) is 5.82 Å². The lowest BCUT2D eigenvalue weighted by Crippen LogP contribution is -2.20. The van der Waals surface area contributed by atoms with Crippen molar-refractivity contribution in [2.24, 2.45) is 0 Å². The third-order valence-electron chi connectivity index (χ3n) is 3.16. The van der Waals surface area contributed by atoms with E-state index in [9.17, 15) is 0 Å². The third kappa shape index (κ3) is 3.25. The van der Waals surface area contributed by atoms with Gasteiger partial charge in [-0.15, -0.1) is 0 Å². The predicted molar refractivity (Wildman–Crippen MR) is 76.3 cm³/mol. The van der Waals surface area contributed by atoms with Crippen LogP contribution in [0.15, 0.2) is 4.52 Å². The summed E-state index contributed by atoms with van der Waals surface area (Å²) in [5.74, 6) is 2.27. The Balaban J connectivity index is 2.00. The van der Waals surface area contributed by atoms with Gasteiger partial charge in [-0.25, -0.2) is 4.98 Å². The zero-order valence-electron chi connectivity index (χ0n) is 13.0. The summed E-state index contributed by atoms with van der Waals surface area (Å²) in [7, 11) is 0. The molecule has 0 radical (unpaired) electrons. The maximum atomic E-state index is 5.32. The lowest BCUT2D eigenvalue weighted by Gasteiger charge is -2.11. The molecule has 0 amide bonds. The Kier molecular flexibility index (Phi) is 3.94. The molecule has 2 aromatic heterocycles. The van der Waals surface area contributed by atoms with Crippen LogP contribution >= 0.6 is 0 Å². The molecule has 2 aromatic rings. The SMILES string of the molecule is Cc1nc(CNC(C)c2nc(C(C)(C)C)no2)c(C)[nH]1. The minimum absolute atomic E-state index is 0.00462. The van der Waals surface area contributed by atoms with Crippen molar-refractivity contribution in [1.82, 2.24) is 25.4 Å². The molecule has 0 aliphatic rings. The van der Waals surface area contributed by atoms with Crippen LogP contribution in [0.3, 0.4) is 0 Å². The first-order chi connectivity index (χ1) is 9.27. The van der Waals surface area contributed by atoms with Crippen molar-refractivity contribution in [3.8, 4) is 0 Å². The highest BCUT2D eigenvalue weighted by Crippen LogP contribution is 2.20. The van der Waals surface area contributed by atoms with Crippen molar-refractivity contribution >= 4 is 0 Å². The van der Waals surface area contributed by atoms with Gasteiger partial charge in [0.2, 0.25) is 5.89 Å². The van der Waals surface area contributed by atoms with Crippen molar-refractivity contribution in [2.75, 3.05) is 0 Å². The summed E-state index contributed by atoms with van der Waals surface area (Å²) in [6, 6.07) is -0.00462. The summed E-state index contributed by atoms with van der Waals surface area (Å²) >= 11 is 0. The van der Waals surface area contributed by atoms with Crippen molar-refractivity contribution in [1.29, 1.82) is 0 Å². The van der Waals surface area contributed by atoms with Gasteiger partial charge in [0, 0.05) is 17.7 Å². The minimum atomic E-state index is -0.0998. The van der Waals surface area contributed by atoms with Crippen LogP contribution in [0.25, 0.3) is 0 Å². The van der Waals surface area contributed by atoms with E-state index in [1.165, 1.54) is 0 Å². The molecule has 0 saturated carbocycles. The highest BCUT2D eigenvalue weighted by atomic mass is 16.5. The normalized spacial score (nSPS) is 13.7. The van der Waals surface area contributed by atoms with E-state index in [0.717, 1.165) is 23.0 Å². The van der Waals surface area contributed by atoms with Crippen LogP contribution < -0.4 is 5.32 Å². The van der Waals surface area contributed by atoms with Crippen molar-refractivity contribution in [2.45, 2.75) is 59.5 Å². The van der Waals surface area contributed by atoms with Gasteiger partial charge in [-0.2, -0.15) is 4.98 Å². The Bertz CT molecular complexity index is 579. The standard InChI is InChI=1S/C14H23N5O/c1-8-11(17-10(3)16-8)7-15-9(2)12-18-13(19-20-12)14(4,5)6/h9,15H,7H2,1-6H3,(H,16,17). The zero-order chi connectivity index (χ0) is 14.9. The van der Waals surface area contributed by atoms with E-state index >= 15 is 0 Å². The third-order valence-corrected chi connectivity index (χ3v) is 3.16. The number of nitrogens with zero attached hydrogens (tertiary/aromatic N) is 3. The van der Waals surface area contributed by atoms with Crippen LogP contribution in [0.5, 0.6) is 0 Å². The Morgan fingerprint density at radius 2 is 1.95 bits per heavy atom. The summed E-state index contributed by atoms with van der Waals surface area (Å²) in [5.41, 5.74) is 2.00. The second-order valence-corrected chi connectivity index (χ2v) is 6.20. The second kappa shape index (κ2) is 5.36. The summed E-state index contributed by atoms with van der Waals surface area (Å²) in [6.07, 6.45) is 0. The lowest BCUT2D eigenvalue weighted by atomic mass is 9.96. The Labute approximate surface area is 119 Å². The van der Waals surface area contributed by atoms with Crippen LogP contribution in [0.1, 0.15) is 62.7 Å². The fourth-order valence-corrected chi connectivity index (χ4v) is 1.88. The van der Waals surface area contributed by atoms with Gasteiger partial charge in [-0.05, 0) is 20.8 Å². The number of hydrogen-bond acceptors (Lipinski definition) is 5. The average molecular weight is 277 g/mol. The topological polar surface area (TPSA) is 79.6 Å². The van der Waals surface area contributed by atoms with E-state index in [2.05, 4.69) is 46.2 Å². The van der Waals surface area contributed by atoms with E-state index in [4.69, 9.17) is 4.52 Å². The molecule has 0 aliphatic carbocycles. The molecule has 6 nitrogen and oxygen atoms in total. The van der Waals surface area contributed by atoms with Crippen LogP contribution in [-0.4, -0.2) is 20.1 Å². The Morgan fingerprint density at radius 3 is 2.45 bits per heavy atom. The van der Waals surface area contributed by atoms with Crippen molar-refractivity contribution in [3.63, 3.8) is 0 Å². The van der Waals surface area contributed by atoms with Crippen LogP contribution in [0, 0.1) is 13.8 Å². The molecule has 0 saturated heterocycles. The number of aryl methyl sites for hydroxylation is 2. The first kappa shape index (κ1) is 14.7. The molecule has 0 aromatic carbocycles. The lowest BCUT2D eigenvalue weighted by molar-refractivity contribution is 0.330. The van der Waals surface area contributed by atoms with E-state index in [1.807, 2.05) is 20.8 Å². The molecule has 0 aliphatic heterocycles. The van der Waals surface area contributed by atoms with E-state index < -0.39 is 0 Å². The number of aromatic amines is 1. The van der Waals surface area contributed by atoms with Crippen molar-refractivity contribution in [3.05, 3.63) is 28.9 Å². The summed E-state index contributed by atoms with van der Waals surface area (Å²) in [4.78, 5) is 12.1. The molecule has 1 unspecified atom stereocenters. The van der Waals surface area contributed by atoms with Gasteiger partial charge in [-0.1, -0.05) is 25.9 Å². The molecule has 110 valence electrons. The molecular formula is C14H23N5O. The maximum absolute atomic E-state index is 5.32. The molecule has 2 heterocycles. The maximum Gasteiger partial charge on any atom is 0.243 e. The second-order valence-electron chi connectivity index (χ2n) is 6.20. The number of imidazole rings is 1.